The summed E-state index contributed by atoms with van der Waals surface area (Å²) in [6.45, 7) is 5.94. The molecule has 0 bridgehead atoms. The lowest BCUT2D eigenvalue weighted by Gasteiger charge is -2.31. The van der Waals surface area contributed by atoms with Crippen LogP contribution in [0.1, 0.15) is 22.7 Å². The predicted molar refractivity (Wildman–Crippen MR) is 128 cm³/mol. The minimum Gasteiger partial charge on any atom is -0.507 e. The Bertz CT molecular complexity index is 1040. The van der Waals surface area contributed by atoms with E-state index in [2.05, 4.69) is 4.90 Å². The van der Waals surface area contributed by atoms with E-state index in [9.17, 15) is 14.7 Å². The van der Waals surface area contributed by atoms with E-state index >= 15 is 0 Å². The van der Waals surface area contributed by atoms with Gasteiger partial charge in [-0.05, 0) is 24.6 Å². The van der Waals surface area contributed by atoms with Gasteiger partial charge in [0.1, 0.15) is 5.76 Å². The van der Waals surface area contributed by atoms with Crippen molar-refractivity contribution in [3.63, 3.8) is 0 Å². The molecule has 1 N–H and O–H groups in total. The average Bonchev–Trinajstić information content (AvgIpc) is 3.08. The molecule has 0 radical (unpaired) electrons. The van der Waals surface area contributed by atoms with Crippen molar-refractivity contribution in [3.8, 4) is 0 Å². The first-order chi connectivity index (χ1) is 15.9. The summed E-state index contributed by atoms with van der Waals surface area (Å²) in [5, 5.41) is 11.2. The van der Waals surface area contributed by atoms with Gasteiger partial charge in [-0.1, -0.05) is 42.0 Å². The van der Waals surface area contributed by atoms with Crippen molar-refractivity contribution in [2.75, 3.05) is 58.4 Å². The quantitative estimate of drug-likeness (QED) is 0.415. The Morgan fingerprint density at radius 2 is 1.64 bits per heavy atom. The summed E-state index contributed by atoms with van der Waals surface area (Å²) in [5.74, 6) is -1.35. The molecule has 2 fully saturated rings. The van der Waals surface area contributed by atoms with Crippen LogP contribution in [0.15, 0.2) is 54.1 Å². The van der Waals surface area contributed by atoms with E-state index in [-0.39, 0.29) is 11.3 Å². The van der Waals surface area contributed by atoms with Crippen LogP contribution in [0.25, 0.3) is 5.76 Å². The average molecular weight is 450 g/mol. The van der Waals surface area contributed by atoms with Gasteiger partial charge in [0.05, 0.1) is 24.8 Å². The molecule has 1 amide bonds. The molecule has 0 aliphatic carbocycles. The zero-order chi connectivity index (χ0) is 23.5. The van der Waals surface area contributed by atoms with Crippen LogP contribution in [0, 0.1) is 6.92 Å². The Balaban J connectivity index is 1.73. The predicted octanol–water partition coefficient (Wildman–Crippen LogP) is 2.81. The van der Waals surface area contributed by atoms with Gasteiger partial charge in [-0.15, -0.1) is 0 Å². The highest BCUT2D eigenvalue weighted by Crippen LogP contribution is 2.39. The third-order valence-corrected chi connectivity index (χ3v) is 6.35. The van der Waals surface area contributed by atoms with E-state index in [0.29, 0.717) is 31.9 Å². The van der Waals surface area contributed by atoms with Crippen molar-refractivity contribution >= 4 is 23.1 Å². The van der Waals surface area contributed by atoms with Crippen LogP contribution >= 0.6 is 0 Å². The molecule has 2 aromatic carbocycles. The van der Waals surface area contributed by atoms with Crippen molar-refractivity contribution in [2.45, 2.75) is 13.0 Å². The molecule has 0 saturated carbocycles. The summed E-state index contributed by atoms with van der Waals surface area (Å²) in [5.41, 5.74) is 3.54. The topological polar surface area (TPSA) is 73.3 Å². The Morgan fingerprint density at radius 3 is 2.24 bits per heavy atom. The maximum Gasteiger partial charge on any atom is 0.295 e. The van der Waals surface area contributed by atoms with Crippen LogP contribution in [0.3, 0.4) is 0 Å². The van der Waals surface area contributed by atoms with Crippen LogP contribution < -0.4 is 4.90 Å². The number of Topliss-reactive ketones (excluding diaryl/α,β-unsaturated/α-hetero) is 1. The largest absolute Gasteiger partial charge is 0.507 e. The molecular weight excluding hydrogens is 418 g/mol. The monoisotopic (exact) mass is 449 g/mol. The Morgan fingerprint density at radius 1 is 1.00 bits per heavy atom. The van der Waals surface area contributed by atoms with Gasteiger partial charge in [-0.3, -0.25) is 14.5 Å². The number of rotatable bonds is 6. The molecule has 2 aromatic rings. The lowest BCUT2D eigenvalue weighted by atomic mass is 9.95. The standard InChI is InChI=1S/C26H31N3O4/c1-18-4-6-20(7-5-18)24(30)22-23(19-8-10-21(11-9-19)27(2)3)29(26(32)25(22)31)13-12-28-14-16-33-17-15-28/h4-11,23,30H,12-17H2,1-3H3/t23-/m0/s1. The van der Waals surface area contributed by atoms with Crippen LogP contribution in [0.5, 0.6) is 0 Å². The zero-order valence-corrected chi connectivity index (χ0v) is 19.5. The van der Waals surface area contributed by atoms with E-state index in [0.717, 1.165) is 29.9 Å². The molecule has 4 rings (SSSR count). The molecule has 0 aromatic heterocycles. The summed E-state index contributed by atoms with van der Waals surface area (Å²) in [6, 6.07) is 14.5. The first kappa shape index (κ1) is 23.0. The Hall–Kier alpha value is -3.16. The van der Waals surface area contributed by atoms with Gasteiger partial charge in [0.2, 0.25) is 0 Å². The van der Waals surface area contributed by atoms with Crippen molar-refractivity contribution in [3.05, 3.63) is 70.8 Å². The fourth-order valence-corrected chi connectivity index (χ4v) is 4.35. The molecular formula is C26H31N3O4. The summed E-state index contributed by atoms with van der Waals surface area (Å²) < 4.78 is 5.42. The van der Waals surface area contributed by atoms with Gasteiger partial charge in [-0.25, -0.2) is 0 Å². The number of benzene rings is 2. The minimum absolute atomic E-state index is 0.135. The second-order valence-electron chi connectivity index (χ2n) is 8.80. The fraction of sp³-hybridized carbons (Fsp3) is 0.385. The number of morpholine rings is 1. The lowest BCUT2D eigenvalue weighted by molar-refractivity contribution is -0.140. The van der Waals surface area contributed by atoms with Gasteiger partial charge in [0, 0.05) is 51.5 Å². The zero-order valence-electron chi connectivity index (χ0n) is 19.5. The van der Waals surface area contributed by atoms with Crippen LogP contribution in [0.4, 0.5) is 5.69 Å². The van der Waals surface area contributed by atoms with E-state index < -0.39 is 17.7 Å². The SMILES string of the molecule is Cc1ccc(C(O)=C2C(=O)C(=O)N(CCN3CCOCC3)[C@H]2c2ccc(N(C)C)cc2)cc1. The number of carbonyl (C=O) groups excluding carboxylic acids is 2. The third kappa shape index (κ3) is 4.79. The van der Waals surface area contributed by atoms with Crippen LogP contribution in [-0.2, 0) is 14.3 Å². The maximum absolute atomic E-state index is 13.2. The number of hydrogen-bond donors (Lipinski definition) is 1. The lowest BCUT2D eigenvalue weighted by Crippen LogP contribution is -2.42. The highest BCUT2D eigenvalue weighted by molar-refractivity contribution is 6.46. The highest BCUT2D eigenvalue weighted by atomic mass is 16.5. The van der Waals surface area contributed by atoms with Crippen molar-refractivity contribution in [2.24, 2.45) is 0 Å². The summed E-state index contributed by atoms with van der Waals surface area (Å²) in [7, 11) is 3.92. The van der Waals surface area contributed by atoms with E-state index in [1.807, 2.05) is 62.3 Å². The second-order valence-corrected chi connectivity index (χ2v) is 8.80. The first-order valence-corrected chi connectivity index (χ1v) is 11.3. The van der Waals surface area contributed by atoms with Gasteiger partial charge >= 0.3 is 0 Å². The molecule has 0 spiro atoms. The number of carbonyl (C=O) groups is 2. The fourth-order valence-electron chi connectivity index (χ4n) is 4.35. The maximum atomic E-state index is 13.2. The molecule has 7 nitrogen and oxygen atoms in total. The number of nitrogens with zero attached hydrogens (tertiary/aromatic N) is 3. The number of aliphatic hydroxyl groups excluding tert-OH is 1. The van der Waals surface area contributed by atoms with Gasteiger partial charge in [0.25, 0.3) is 11.7 Å². The number of amides is 1. The highest BCUT2D eigenvalue weighted by Gasteiger charge is 2.46. The van der Waals surface area contributed by atoms with Crippen LogP contribution in [0.2, 0.25) is 0 Å². The third-order valence-electron chi connectivity index (χ3n) is 6.35. The number of anilines is 1. The van der Waals surface area contributed by atoms with Gasteiger partial charge in [0.15, 0.2) is 0 Å². The van der Waals surface area contributed by atoms with Crippen molar-refractivity contribution in [1.82, 2.24) is 9.80 Å². The van der Waals surface area contributed by atoms with E-state index in [1.54, 1.807) is 17.0 Å². The van der Waals surface area contributed by atoms with Crippen molar-refractivity contribution in [1.29, 1.82) is 0 Å². The molecule has 0 unspecified atom stereocenters. The molecule has 2 heterocycles. The number of ketones is 1. The number of aryl methyl sites for hydroxylation is 1. The number of likely N-dealkylation sites (tertiary alicyclic amines) is 1. The molecule has 2 aliphatic rings. The first-order valence-electron chi connectivity index (χ1n) is 11.3. The summed E-state index contributed by atoms with van der Waals surface area (Å²) in [6.07, 6.45) is 0. The van der Waals surface area contributed by atoms with Crippen molar-refractivity contribution < 1.29 is 19.4 Å². The van der Waals surface area contributed by atoms with Gasteiger partial charge < -0.3 is 19.6 Å². The second kappa shape index (κ2) is 9.77. The summed E-state index contributed by atoms with van der Waals surface area (Å²) in [4.78, 5) is 32.1. The van der Waals surface area contributed by atoms with E-state index in [4.69, 9.17) is 4.74 Å². The smallest absolute Gasteiger partial charge is 0.295 e. The molecule has 1 atom stereocenters. The van der Waals surface area contributed by atoms with Gasteiger partial charge in [-0.2, -0.15) is 0 Å². The number of ether oxygens (including phenoxy) is 1. The molecule has 2 saturated heterocycles. The minimum atomic E-state index is -0.642. The molecule has 7 heteroatoms. The number of hydrogen-bond acceptors (Lipinski definition) is 6. The van der Waals surface area contributed by atoms with Crippen LogP contribution in [-0.4, -0.2) is 80.1 Å². The van der Waals surface area contributed by atoms with E-state index in [1.165, 1.54) is 0 Å². The Labute approximate surface area is 194 Å². The summed E-state index contributed by atoms with van der Waals surface area (Å²) >= 11 is 0. The molecule has 174 valence electrons. The Kier molecular flexibility index (Phi) is 6.81. The molecule has 33 heavy (non-hydrogen) atoms. The number of aliphatic hydroxyl groups is 1. The molecule has 2 aliphatic heterocycles. The normalized spacial score (nSPS) is 20.9.